The van der Waals surface area contributed by atoms with Crippen LogP contribution in [-0.2, 0) is 13.6 Å². The summed E-state index contributed by atoms with van der Waals surface area (Å²) in [5, 5.41) is 5.11. The number of nitrogens with two attached hydrogens (primary N) is 1. The third-order valence-electron chi connectivity index (χ3n) is 5.82. The molecule has 0 unspecified atom stereocenters. The van der Waals surface area contributed by atoms with Crippen molar-refractivity contribution in [2.45, 2.75) is 6.54 Å². The molecule has 3 heterocycles. The van der Waals surface area contributed by atoms with E-state index in [-0.39, 0.29) is 11.6 Å². The van der Waals surface area contributed by atoms with Crippen molar-refractivity contribution in [2.75, 3.05) is 36.8 Å². The molecule has 164 valence electrons. The number of hydrogen-bond donors (Lipinski definition) is 1. The van der Waals surface area contributed by atoms with E-state index in [1.165, 1.54) is 24.3 Å². The molecule has 1 aliphatic heterocycles. The molecule has 32 heavy (non-hydrogen) atoms. The van der Waals surface area contributed by atoms with Gasteiger partial charge in [-0.2, -0.15) is 10.1 Å². The summed E-state index contributed by atoms with van der Waals surface area (Å²) >= 11 is 0. The minimum atomic E-state index is -0.310. The third kappa shape index (κ3) is 3.87. The zero-order valence-corrected chi connectivity index (χ0v) is 17.7. The highest BCUT2D eigenvalue weighted by molar-refractivity contribution is 5.98. The first-order chi connectivity index (χ1) is 15.5. The molecule has 7 nitrogen and oxygen atoms in total. The molecule has 0 atom stereocenters. The van der Waals surface area contributed by atoms with Gasteiger partial charge in [0.05, 0.1) is 11.1 Å². The van der Waals surface area contributed by atoms with Gasteiger partial charge in [-0.15, -0.1) is 0 Å². The number of rotatable bonds is 4. The Kier molecular flexibility index (Phi) is 5.18. The van der Waals surface area contributed by atoms with E-state index in [1.807, 2.05) is 12.1 Å². The van der Waals surface area contributed by atoms with Crippen LogP contribution in [0.1, 0.15) is 5.56 Å². The molecule has 0 saturated carbocycles. The van der Waals surface area contributed by atoms with Crippen LogP contribution in [0.5, 0.6) is 0 Å². The summed E-state index contributed by atoms with van der Waals surface area (Å²) in [5.74, 6) is 0.514. The maximum Gasteiger partial charge on any atom is 0.228 e. The summed E-state index contributed by atoms with van der Waals surface area (Å²) in [6, 6.07) is 12.8. The van der Waals surface area contributed by atoms with Crippen LogP contribution in [-0.4, -0.2) is 50.8 Å². The predicted octanol–water partition coefficient (Wildman–Crippen LogP) is 3.21. The number of nitrogens with zero attached hydrogens (tertiary/aromatic N) is 6. The summed E-state index contributed by atoms with van der Waals surface area (Å²) in [5.41, 5.74) is 9.24. The van der Waals surface area contributed by atoms with Crippen molar-refractivity contribution < 1.29 is 8.78 Å². The Hall–Kier alpha value is -3.59. The Morgan fingerprint density at radius 2 is 1.50 bits per heavy atom. The van der Waals surface area contributed by atoms with Crippen LogP contribution in [0.4, 0.5) is 20.5 Å². The minimum Gasteiger partial charge on any atom is -0.383 e. The second-order valence-corrected chi connectivity index (χ2v) is 7.98. The Morgan fingerprint density at radius 3 is 2.16 bits per heavy atom. The summed E-state index contributed by atoms with van der Waals surface area (Å²) < 4.78 is 28.2. The lowest BCUT2D eigenvalue weighted by Crippen LogP contribution is -2.46. The number of hydrogen-bond acceptors (Lipinski definition) is 6. The Bertz CT molecular complexity index is 1240. The molecule has 1 aliphatic rings. The SMILES string of the molecule is Cn1nc2nc(N3CCN(Cc4ccc(F)cc4)CC3)nc(-c3ccc(F)cc3)c2c1N. The van der Waals surface area contributed by atoms with E-state index in [4.69, 9.17) is 10.7 Å². The number of aryl methyl sites for hydroxylation is 1. The molecule has 2 aromatic carbocycles. The molecule has 4 aromatic rings. The van der Waals surface area contributed by atoms with E-state index in [2.05, 4.69) is 19.9 Å². The number of benzene rings is 2. The van der Waals surface area contributed by atoms with Crippen LogP contribution in [0.25, 0.3) is 22.3 Å². The van der Waals surface area contributed by atoms with Gasteiger partial charge in [0.2, 0.25) is 5.95 Å². The Balaban J connectivity index is 1.41. The van der Waals surface area contributed by atoms with E-state index < -0.39 is 0 Å². The average Bonchev–Trinajstić information content (AvgIpc) is 3.09. The number of fused-ring (bicyclic) bond motifs is 1. The van der Waals surface area contributed by atoms with Crippen molar-refractivity contribution in [1.82, 2.24) is 24.6 Å². The topological polar surface area (TPSA) is 76.1 Å². The Morgan fingerprint density at radius 1 is 0.875 bits per heavy atom. The summed E-state index contributed by atoms with van der Waals surface area (Å²) in [4.78, 5) is 13.9. The Labute approximate surface area is 184 Å². The quantitative estimate of drug-likeness (QED) is 0.531. The molecule has 2 aromatic heterocycles. The maximum absolute atomic E-state index is 13.5. The minimum absolute atomic E-state index is 0.224. The van der Waals surface area contributed by atoms with E-state index in [1.54, 1.807) is 23.9 Å². The number of halogens is 2. The molecular formula is C23H23F2N7. The van der Waals surface area contributed by atoms with Crippen molar-refractivity contribution in [3.05, 3.63) is 65.7 Å². The normalized spacial score (nSPS) is 14.9. The fourth-order valence-electron chi connectivity index (χ4n) is 4.02. The lowest BCUT2D eigenvalue weighted by molar-refractivity contribution is 0.248. The molecule has 0 amide bonds. The van der Waals surface area contributed by atoms with Crippen molar-refractivity contribution in [2.24, 2.45) is 7.05 Å². The van der Waals surface area contributed by atoms with Crippen LogP contribution >= 0.6 is 0 Å². The molecule has 1 saturated heterocycles. The van der Waals surface area contributed by atoms with Crippen LogP contribution in [0.15, 0.2) is 48.5 Å². The average molecular weight is 435 g/mol. The van der Waals surface area contributed by atoms with Gasteiger partial charge in [-0.3, -0.25) is 9.58 Å². The van der Waals surface area contributed by atoms with Crippen LogP contribution in [0, 0.1) is 11.6 Å². The van der Waals surface area contributed by atoms with Crippen LogP contribution in [0.3, 0.4) is 0 Å². The lowest BCUT2D eigenvalue weighted by Gasteiger charge is -2.34. The lowest BCUT2D eigenvalue weighted by atomic mass is 10.1. The first-order valence-electron chi connectivity index (χ1n) is 10.5. The number of piperazine rings is 1. The van der Waals surface area contributed by atoms with Gasteiger partial charge >= 0.3 is 0 Å². The highest BCUT2D eigenvalue weighted by Gasteiger charge is 2.23. The zero-order valence-electron chi connectivity index (χ0n) is 17.7. The van der Waals surface area contributed by atoms with Gasteiger partial charge in [-0.1, -0.05) is 12.1 Å². The molecule has 0 radical (unpaired) electrons. The van der Waals surface area contributed by atoms with Gasteiger partial charge in [-0.25, -0.2) is 13.8 Å². The number of anilines is 2. The van der Waals surface area contributed by atoms with Crippen molar-refractivity contribution >= 4 is 22.8 Å². The molecule has 9 heteroatoms. The van der Waals surface area contributed by atoms with Crippen molar-refractivity contribution in [1.29, 1.82) is 0 Å². The highest BCUT2D eigenvalue weighted by Crippen LogP contribution is 2.32. The van der Waals surface area contributed by atoms with E-state index in [0.29, 0.717) is 28.5 Å². The van der Waals surface area contributed by atoms with Gasteiger partial charge in [0.25, 0.3) is 0 Å². The second kappa shape index (κ2) is 8.16. The zero-order chi connectivity index (χ0) is 22.2. The summed E-state index contributed by atoms with van der Waals surface area (Å²) in [6.45, 7) is 3.92. The van der Waals surface area contributed by atoms with Crippen molar-refractivity contribution in [3.8, 4) is 11.3 Å². The van der Waals surface area contributed by atoms with Gasteiger partial charge in [0.15, 0.2) is 5.65 Å². The van der Waals surface area contributed by atoms with Crippen LogP contribution in [0.2, 0.25) is 0 Å². The van der Waals surface area contributed by atoms with E-state index >= 15 is 0 Å². The monoisotopic (exact) mass is 435 g/mol. The molecule has 0 bridgehead atoms. The highest BCUT2D eigenvalue weighted by atomic mass is 19.1. The molecule has 5 rings (SSSR count). The van der Waals surface area contributed by atoms with Crippen LogP contribution < -0.4 is 10.6 Å². The fraction of sp³-hybridized carbons (Fsp3) is 0.261. The standard InChI is InChI=1S/C23H23F2N7/c1-30-21(26)19-20(16-4-8-18(25)9-5-16)27-23(28-22(19)29-30)32-12-10-31(11-13-32)14-15-2-6-17(24)7-3-15/h2-9H,10-14,26H2,1H3. The van der Waals surface area contributed by atoms with E-state index in [0.717, 1.165) is 43.9 Å². The first kappa shape index (κ1) is 20.3. The van der Waals surface area contributed by atoms with Gasteiger partial charge < -0.3 is 10.6 Å². The maximum atomic E-state index is 13.5. The molecule has 0 spiro atoms. The summed E-state index contributed by atoms with van der Waals surface area (Å²) in [7, 11) is 1.76. The predicted molar refractivity (Wildman–Crippen MR) is 120 cm³/mol. The van der Waals surface area contributed by atoms with E-state index in [9.17, 15) is 8.78 Å². The summed E-state index contributed by atoms with van der Waals surface area (Å²) in [6.07, 6.45) is 0. The number of nitrogen functional groups attached to an aromatic ring is 1. The largest absolute Gasteiger partial charge is 0.383 e. The third-order valence-corrected chi connectivity index (χ3v) is 5.82. The van der Waals surface area contributed by atoms with Gasteiger partial charge in [-0.05, 0) is 42.0 Å². The first-order valence-corrected chi connectivity index (χ1v) is 10.5. The molecular weight excluding hydrogens is 412 g/mol. The fourth-order valence-corrected chi connectivity index (χ4v) is 4.02. The van der Waals surface area contributed by atoms with Crippen molar-refractivity contribution in [3.63, 3.8) is 0 Å². The molecule has 1 fully saturated rings. The second-order valence-electron chi connectivity index (χ2n) is 7.98. The van der Waals surface area contributed by atoms with Gasteiger partial charge in [0, 0.05) is 45.3 Å². The molecule has 0 aliphatic carbocycles. The van der Waals surface area contributed by atoms with Gasteiger partial charge in [0.1, 0.15) is 17.5 Å². The molecule has 2 N–H and O–H groups in total. The number of aromatic nitrogens is 4. The smallest absolute Gasteiger partial charge is 0.228 e.